The summed E-state index contributed by atoms with van der Waals surface area (Å²) in [5.74, 6) is -0.743. The van der Waals surface area contributed by atoms with Gasteiger partial charge in [0.2, 0.25) is 5.91 Å². The third-order valence-corrected chi connectivity index (χ3v) is 5.25. The van der Waals surface area contributed by atoms with Crippen LogP contribution < -0.4 is 5.32 Å². The number of hydrogen-bond acceptors (Lipinski definition) is 4. The Labute approximate surface area is 163 Å². The summed E-state index contributed by atoms with van der Waals surface area (Å²) >= 11 is 6.21. The number of amides is 1. The molecule has 1 aliphatic carbocycles. The lowest BCUT2D eigenvalue weighted by Crippen LogP contribution is -2.35. The molecule has 2 aromatic rings. The summed E-state index contributed by atoms with van der Waals surface area (Å²) in [6, 6.07) is 14.2. The second kappa shape index (κ2) is 8.44. The standard InChI is InChI=1S/C21H22ClNO4/c1-27-21(26)14(10-13-6-8-15(24)9-7-13)12-23-20(25)18-11-17(18)16-4-2-3-5-19(16)22/h2-9,14,17-18,24H,10-12H2,1H3,(H,23,25). The molecule has 27 heavy (non-hydrogen) atoms. The Hall–Kier alpha value is -2.53. The third-order valence-electron chi connectivity index (χ3n) is 4.91. The Morgan fingerprint density at radius 2 is 1.93 bits per heavy atom. The van der Waals surface area contributed by atoms with Gasteiger partial charge in [-0.25, -0.2) is 0 Å². The molecule has 5 nitrogen and oxygen atoms in total. The van der Waals surface area contributed by atoms with Crippen LogP contribution in [0.15, 0.2) is 48.5 Å². The monoisotopic (exact) mass is 387 g/mol. The van der Waals surface area contributed by atoms with Crippen LogP contribution in [0.4, 0.5) is 0 Å². The van der Waals surface area contributed by atoms with Gasteiger partial charge >= 0.3 is 5.97 Å². The van der Waals surface area contributed by atoms with Crippen LogP contribution >= 0.6 is 11.6 Å². The number of methoxy groups -OCH3 is 1. The van der Waals surface area contributed by atoms with Gasteiger partial charge in [0.1, 0.15) is 5.75 Å². The van der Waals surface area contributed by atoms with Gasteiger partial charge in [0.15, 0.2) is 0 Å². The van der Waals surface area contributed by atoms with E-state index in [1.807, 2.05) is 24.3 Å². The largest absolute Gasteiger partial charge is 0.508 e. The molecule has 0 heterocycles. The van der Waals surface area contributed by atoms with Crippen molar-refractivity contribution in [1.82, 2.24) is 5.32 Å². The molecule has 1 amide bonds. The zero-order valence-corrected chi connectivity index (χ0v) is 15.8. The van der Waals surface area contributed by atoms with E-state index in [1.165, 1.54) is 7.11 Å². The fourth-order valence-electron chi connectivity index (χ4n) is 3.28. The molecule has 2 N–H and O–H groups in total. The fraction of sp³-hybridized carbons (Fsp3) is 0.333. The number of phenols is 1. The van der Waals surface area contributed by atoms with Gasteiger partial charge in [0.05, 0.1) is 13.0 Å². The van der Waals surface area contributed by atoms with E-state index < -0.39 is 5.92 Å². The number of hydrogen-bond donors (Lipinski definition) is 2. The number of phenolic OH excluding ortho intramolecular Hbond substituents is 1. The second-order valence-electron chi connectivity index (χ2n) is 6.81. The molecule has 142 valence electrons. The Balaban J connectivity index is 1.57. The molecule has 1 fully saturated rings. The van der Waals surface area contributed by atoms with Crippen LogP contribution in [0.1, 0.15) is 23.5 Å². The van der Waals surface area contributed by atoms with Crippen molar-refractivity contribution in [1.29, 1.82) is 0 Å². The maximum absolute atomic E-state index is 12.5. The smallest absolute Gasteiger partial charge is 0.310 e. The zero-order valence-electron chi connectivity index (χ0n) is 15.0. The van der Waals surface area contributed by atoms with E-state index in [9.17, 15) is 14.7 Å². The van der Waals surface area contributed by atoms with Crippen molar-refractivity contribution in [2.24, 2.45) is 11.8 Å². The van der Waals surface area contributed by atoms with Crippen LogP contribution in [0, 0.1) is 11.8 Å². The molecule has 1 saturated carbocycles. The number of nitrogens with one attached hydrogen (secondary N) is 1. The van der Waals surface area contributed by atoms with Crippen LogP contribution in [0.3, 0.4) is 0 Å². The number of carbonyl (C=O) groups excluding carboxylic acids is 2. The number of carbonyl (C=O) groups is 2. The van der Waals surface area contributed by atoms with E-state index in [0.29, 0.717) is 11.4 Å². The third kappa shape index (κ3) is 4.80. The molecular weight excluding hydrogens is 366 g/mol. The molecule has 3 atom stereocenters. The molecule has 0 bridgehead atoms. The first kappa shape index (κ1) is 19.2. The summed E-state index contributed by atoms with van der Waals surface area (Å²) in [6.45, 7) is 0.206. The van der Waals surface area contributed by atoms with Gasteiger partial charge in [-0.2, -0.15) is 0 Å². The highest BCUT2D eigenvalue weighted by molar-refractivity contribution is 6.31. The summed E-state index contributed by atoms with van der Waals surface area (Å²) in [6.07, 6.45) is 1.18. The van der Waals surface area contributed by atoms with Gasteiger partial charge < -0.3 is 15.2 Å². The summed E-state index contributed by atoms with van der Waals surface area (Å²) in [5, 5.41) is 12.9. The van der Waals surface area contributed by atoms with Gasteiger partial charge in [-0.05, 0) is 48.1 Å². The van der Waals surface area contributed by atoms with Crippen LogP contribution in [-0.2, 0) is 20.7 Å². The Bertz CT molecular complexity index is 821. The lowest BCUT2D eigenvalue weighted by Gasteiger charge is -2.16. The van der Waals surface area contributed by atoms with E-state index in [4.69, 9.17) is 16.3 Å². The van der Waals surface area contributed by atoms with Crippen molar-refractivity contribution in [3.05, 3.63) is 64.7 Å². The molecule has 3 unspecified atom stereocenters. The molecule has 0 aromatic heterocycles. The Kier molecular flexibility index (Phi) is 6.01. The Morgan fingerprint density at radius 3 is 2.59 bits per heavy atom. The zero-order chi connectivity index (χ0) is 19.4. The van der Waals surface area contributed by atoms with E-state index >= 15 is 0 Å². The lowest BCUT2D eigenvalue weighted by atomic mass is 9.99. The van der Waals surface area contributed by atoms with E-state index in [1.54, 1.807) is 24.3 Å². The molecule has 0 radical (unpaired) electrons. The van der Waals surface area contributed by atoms with Crippen molar-refractivity contribution in [2.75, 3.05) is 13.7 Å². The molecule has 2 aromatic carbocycles. The summed E-state index contributed by atoms with van der Waals surface area (Å²) in [5.41, 5.74) is 1.88. The minimum absolute atomic E-state index is 0.0699. The maximum Gasteiger partial charge on any atom is 0.310 e. The molecule has 0 spiro atoms. The first-order valence-electron chi connectivity index (χ1n) is 8.87. The number of aromatic hydroxyl groups is 1. The van der Waals surface area contributed by atoms with Gasteiger partial charge in [-0.15, -0.1) is 0 Å². The number of esters is 1. The first-order chi connectivity index (χ1) is 13.0. The molecule has 1 aliphatic rings. The van der Waals surface area contributed by atoms with Crippen molar-refractivity contribution < 1.29 is 19.4 Å². The highest BCUT2D eigenvalue weighted by Crippen LogP contribution is 2.49. The van der Waals surface area contributed by atoms with Gasteiger partial charge in [-0.3, -0.25) is 9.59 Å². The van der Waals surface area contributed by atoms with Crippen LogP contribution in [-0.4, -0.2) is 30.6 Å². The Morgan fingerprint density at radius 1 is 1.22 bits per heavy atom. The average Bonchev–Trinajstić information content (AvgIpc) is 3.47. The summed E-state index contributed by atoms with van der Waals surface area (Å²) in [4.78, 5) is 24.5. The minimum Gasteiger partial charge on any atom is -0.508 e. The van der Waals surface area contributed by atoms with Gasteiger partial charge in [0.25, 0.3) is 0 Å². The number of ether oxygens (including phenoxy) is 1. The van der Waals surface area contributed by atoms with Crippen molar-refractivity contribution in [3.8, 4) is 5.75 Å². The van der Waals surface area contributed by atoms with Crippen molar-refractivity contribution in [3.63, 3.8) is 0 Å². The van der Waals surface area contributed by atoms with E-state index in [0.717, 1.165) is 17.5 Å². The summed E-state index contributed by atoms with van der Waals surface area (Å²) in [7, 11) is 1.34. The van der Waals surface area contributed by atoms with Crippen LogP contribution in [0.5, 0.6) is 5.75 Å². The second-order valence-corrected chi connectivity index (χ2v) is 7.21. The summed E-state index contributed by atoms with van der Waals surface area (Å²) < 4.78 is 4.87. The van der Waals surface area contributed by atoms with Crippen molar-refractivity contribution >= 4 is 23.5 Å². The number of rotatable bonds is 7. The van der Waals surface area contributed by atoms with E-state index in [2.05, 4.69) is 5.32 Å². The average molecular weight is 388 g/mol. The minimum atomic E-state index is -0.485. The predicted molar refractivity (Wildman–Crippen MR) is 103 cm³/mol. The fourth-order valence-corrected chi connectivity index (χ4v) is 3.56. The maximum atomic E-state index is 12.5. The van der Waals surface area contributed by atoms with Crippen molar-refractivity contribution in [2.45, 2.75) is 18.8 Å². The number of halogens is 1. The molecule has 3 rings (SSSR count). The SMILES string of the molecule is COC(=O)C(CNC(=O)C1CC1c1ccccc1Cl)Cc1ccc(O)cc1. The molecule has 6 heteroatoms. The quantitative estimate of drug-likeness (QED) is 0.715. The van der Waals surface area contributed by atoms with E-state index in [-0.39, 0.29) is 36.0 Å². The molecular formula is C21H22ClNO4. The predicted octanol–water partition coefficient (Wildman–Crippen LogP) is 3.30. The highest BCUT2D eigenvalue weighted by atomic mass is 35.5. The first-order valence-corrected chi connectivity index (χ1v) is 9.25. The molecule has 0 saturated heterocycles. The highest BCUT2D eigenvalue weighted by Gasteiger charge is 2.44. The normalized spacial score (nSPS) is 19.2. The van der Waals surface area contributed by atoms with Crippen LogP contribution in [0.2, 0.25) is 5.02 Å². The molecule has 0 aliphatic heterocycles. The topological polar surface area (TPSA) is 75.6 Å². The van der Waals surface area contributed by atoms with Gasteiger partial charge in [0, 0.05) is 17.5 Å². The van der Waals surface area contributed by atoms with Gasteiger partial charge in [-0.1, -0.05) is 41.9 Å². The lowest BCUT2D eigenvalue weighted by molar-refractivity contribution is -0.145. The van der Waals surface area contributed by atoms with Crippen LogP contribution in [0.25, 0.3) is 0 Å². The number of benzene rings is 2.